The van der Waals surface area contributed by atoms with Crippen LogP contribution in [0.4, 0.5) is 5.69 Å². The number of carbonyl (C=O) groups is 1. The molecular weight excluding hydrogens is 506 g/mol. The Morgan fingerprint density at radius 1 is 1.00 bits per heavy atom. The molecule has 0 aliphatic carbocycles. The minimum atomic E-state index is -4.05. The topological polar surface area (TPSA) is 88.1 Å². The summed E-state index contributed by atoms with van der Waals surface area (Å²) in [4.78, 5) is 12.9. The van der Waals surface area contributed by atoms with Crippen molar-refractivity contribution in [2.45, 2.75) is 18.7 Å². The average Bonchev–Trinajstić information content (AvgIpc) is 2.82. The number of nitrogens with zero attached hydrogens (tertiary/aromatic N) is 2. The van der Waals surface area contributed by atoms with E-state index in [-0.39, 0.29) is 10.6 Å². The van der Waals surface area contributed by atoms with E-state index in [0.717, 1.165) is 14.3 Å². The van der Waals surface area contributed by atoms with Crippen molar-refractivity contribution in [2.75, 3.05) is 17.5 Å². The number of ether oxygens (including phenoxy) is 1. The Bertz CT molecular complexity index is 1230. The van der Waals surface area contributed by atoms with Gasteiger partial charge in [0.1, 0.15) is 12.3 Å². The fourth-order valence-electron chi connectivity index (χ4n) is 3.03. The van der Waals surface area contributed by atoms with Crippen LogP contribution in [0.15, 0.2) is 93.3 Å². The highest BCUT2D eigenvalue weighted by molar-refractivity contribution is 9.10. The largest absolute Gasteiger partial charge is 0.492 e. The predicted molar refractivity (Wildman–Crippen MR) is 133 cm³/mol. The Kier molecular flexibility index (Phi) is 8.24. The number of para-hydroxylation sites is 2. The first-order valence-corrected chi connectivity index (χ1v) is 12.4. The lowest BCUT2D eigenvalue weighted by Gasteiger charge is -2.25. The van der Waals surface area contributed by atoms with Crippen LogP contribution in [0.2, 0.25) is 0 Å². The Morgan fingerprint density at radius 2 is 1.64 bits per heavy atom. The van der Waals surface area contributed by atoms with Gasteiger partial charge in [-0.05, 0) is 55.8 Å². The Hall–Kier alpha value is -3.17. The molecular formula is C24H24BrN3O4S. The minimum Gasteiger partial charge on any atom is -0.492 e. The maximum absolute atomic E-state index is 13.5. The summed E-state index contributed by atoms with van der Waals surface area (Å²) >= 11 is 3.38. The Morgan fingerprint density at radius 3 is 2.30 bits per heavy atom. The maximum atomic E-state index is 13.5. The van der Waals surface area contributed by atoms with E-state index in [4.69, 9.17) is 4.74 Å². The lowest BCUT2D eigenvalue weighted by atomic mass is 10.1. The van der Waals surface area contributed by atoms with E-state index in [2.05, 4.69) is 26.5 Å². The average molecular weight is 530 g/mol. The lowest BCUT2D eigenvalue weighted by Crippen LogP contribution is -2.40. The SMILES string of the molecule is CCOc1ccccc1N(CC(=O)N/N=C(/C)c1ccc(Br)cc1)S(=O)(=O)c1ccccc1. The van der Waals surface area contributed by atoms with Crippen molar-refractivity contribution in [2.24, 2.45) is 5.10 Å². The third kappa shape index (κ3) is 6.21. The Balaban J connectivity index is 1.91. The van der Waals surface area contributed by atoms with Crippen molar-refractivity contribution in [1.82, 2.24) is 5.43 Å². The summed E-state index contributed by atoms with van der Waals surface area (Å²) in [6.07, 6.45) is 0. The molecule has 0 unspecified atom stereocenters. The van der Waals surface area contributed by atoms with Crippen LogP contribution in [0, 0.1) is 0 Å². The molecule has 0 aliphatic rings. The molecule has 33 heavy (non-hydrogen) atoms. The molecule has 0 fully saturated rings. The highest BCUT2D eigenvalue weighted by Gasteiger charge is 2.29. The first kappa shape index (κ1) is 24.5. The molecule has 172 valence electrons. The zero-order valence-electron chi connectivity index (χ0n) is 18.2. The van der Waals surface area contributed by atoms with Crippen molar-refractivity contribution in [3.05, 3.63) is 88.9 Å². The summed E-state index contributed by atoms with van der Waals surface area (Å²) < 4.78 is 34.5. The molecule has 0 heterocycles. The standard InChI is InChI=1S/C24H24BrN3O4S/c1-3-32-23-12-8-7-11-22(23)28(33(30,31)21-9-5-4-6-10-21)17-24(29)27-26-18(2)19-13-15-20(25)16-14-19/h4-16H,3,17H2,1-2H3,(H,27,29)/b26-18-. The second-order valence-corrected chi connectivity index (χ2v) is 9.74. The molecule has 0 saturated carbocycles. The zero-order valence-corrected chi connectivity index (χ0v) is 20.6. The fraction of sp³-hybridized carbons (Fsp3) is 0.167. The second kappa shape index (κ2) is 11.1. The summed E-state index contributed by atoms with van der Waals surface area (Å²) in [5.74, 6) is -0.223. The molecule has 0 spiro atoms. The number of nitrogens with one attached hydrogen (secondary N) is 1. The number of anilines is 1. The van der Waals surface area contributed by atoms with Gasteiger partial charge in [0, 0.05) is 4.47 Å². The number of sulfonamides is 1. The van der Waals surface area contributed by atoms with Gasteiger partial charge in [0.15, 0.2) is 0 Å². The van der Waals surface area contributed by atoms with Gasteiger partial charge in [0.25, 0.3) is 15.9 Å². The minimum absolute atomic E-state index is 0.0682. The Labute approximate surface area is 202 Å². The van der Waals surface area contributed by atoms with Gasteiger partial charge in [0.05, 0.1) is 22.9 Å². The number of hydrogen-bond donors (Lipinski definition) is 1. The van der Waals surface area contributed by atoms with Crippen LogP contribution in [0.3, 0.4) is 0 Å². The van der Waals surface area contributed by atoms with Gasteiger partial charge in [-0.3, -0.25) is 9.10 Å². The molecule has 1 N–H and O–H groups in total. The van der Waals surface area contributed by atoms with Gasteiger partial charge >= 0.3 is 0 Å². The molecule has 0 aliphatic heterocycles. The van der Waals surface area contributed by atoms with E-state index in [1.807, 2.05) is 24.3 Å². The van der Waals surface area contributed by atoms with E-state index in [0.29, 0.717) is 18.1 Å². The molecule has 0 saturated heterocycles. The third-order valence-corrected chi connectivity index (χ3v) is 6.97. The van der Waals surface area contributed by atoms with Gasteiger partial charge in [-0.15, -0.1) is 0 Å². The number of hydrogen-bond acceptors (Lipinski definition) is 5. The monoisotopic (exact) mass is 529 g/mol. The van der Waals surface area contributed by atoms with Crippen molar-refractivity contribution in [3.8, 4) is 5.75 Å². The van der Waals surface area contributed by atoms with Crippen LogP contribution >= 0.6 is 15.9 Å². The number of benzene rings is 3. The van der Waals surface area contributed by atoms with Crippen molar-refractivity contribution in [3.63, 3.8) is 0 Å². The van der Waals surface area contributed by atoms with Gasteiger partial charge in [0.2, 0.25) is 0 Å². The van der Waals surface area contributed by atoms with E-state index in [9.17, 15) is 13.2 Å². The van der Waals surface area contributed by atoms with Gasteiger partial charge in [-0.1, -0.05) is 58.4 Å². The molecule has 0 aromatic heterocycles. The summed E-state index contributed by atoms with van der Waals surface area (Å²) in [6, 6.07) is 22.1. The van der Waals surface area contributed by atoms with Crippen LogP contribution in [0.1, 0.15) is 19.4 Å². The van der Waals surface area contributed by atoms with Crippen molar-refractivity contribution in [1.29, 1.82) is 0 Å². The molecule has 9 heteroatoms. The highest BCUT2D eigenvalue weighted by Crippen LogP contribution is 2.32. The first-order chi connectivity index (χ1) is 15.8. The van der Waals surface area contributed by atoms with E-state index in [1.54, 1.807) is 56.3 Å². The van der Waals surface area contributed by atoms with Gasteiger partial charge in [-0.2, -0.15) is 5.10 Å². The summed E-state index contributed by atoms with van der Waals surface area (Å²) in [6.45, 7) is 3.43. The van der Waals surface area contributed by atoms with Crippen LogP contribution in [0.5, 0.6) is 5.75 Å². The van der Waals surface area contributed by atoms with Gasteiger partial charge < -0.3 is 4.74 Å². The molecule has 0 bridgehead atoms. The first-order valence-electron chi connectivity index (χ1n) is 10.2. The number of rotatable bonds is 9. The van der Waals surface area contributed by atoms with E-state index >= 15 is 0 Å². The smallest absolute Gasteiger partial charge is 0.264 e. The maximum Gasteiger partial charge on any atom is 0.264 e. The van der Waals surface area contributed by atoms with Gasteiger partial charge in [-0.25, -0.2) is 13.8 Å². The highest BCUT2D eigenvalue weighted by atomic mass is 79.9. The number of halogens is 1. The molecule has 3 rings (SSSR count). The predicted octanol–water partition coefficient (Wildman–Crippen LogP) is 4.58. The summed E-state index contributed by atoms with van der Waals surface area (Å²) in [5.41, 5.74) is 4.15. The van der Waals surface area contributed by atoms with E-state index < -0.39 is 22.5 Å². The second-order valence-electron chi connectivity index (χ2n) is 6.96. The molecule has 3 aromatic rings. The normalized spacial score (nSPS) is 11.7. The number of amides is 1. The molecule has 0 atom stereocenters. The molecule has 1 amide bonds. The molecule has 3 aromatic carbocycles. The number of hydrazone groups is 1. The van der Waals surface area contributed by atoms with Crippen LogP contribution in [-0.2, 0) is 14.8 Å². The quantitative estimate of drug-likeness (QED) is 0.324. The van der Waals surface area contributed by atoms with Crippen molar-refractivity contribution < 1.29 is 17.9 Å². The fourth-order valence-corrected chi connectivity index (χ4v) is 4.74. The third-order valence-electron chi connectivity index (χ3n) is 4.66. The summed E-state index contributed by atoms with van der Waals surface area (Å²) in [7, 11) is -4.05. The van der Waals surface area contributed by atoms with Crippen LogP contribution < -0.4 is 14.5 Å². The zero-order chi connectivity index (χ0) is 23.8. The molecule has 0 radical (unpaired) electrons. The summed E-state index contributed by atoms with van der Waals surface area (Å²) in [5, 5.41) is 4.13. The van der Waals surface area contributed by atoms with E-state index in [1.165, 1.54) is 12.1 Å². The molecule has 7 nitrogen and oxygen atoms in total. The number of carbonyl (C=O) groups excluding carboxylic acids is 1. The van der Waals surface area contributed by atoms with Crippen molar-refractivity contribution >= 4 is 43.3 Å². The van der Waals surface area contributed by atoms with Crippen LogP contribution in [-0.4, -0.2) is 33.2 Å². The van der Waals surface area contributed by atoms with Crippen LogP contribution in [0.25, 0.3) is 0 Å². The lowest BCUT2D eigenvalue weighted by molar-refractivity contribution is -0.119.